The number of carbonyl (C=O) groups excluding carboxylic acids is 1. The van der Waals surface area contributed by atoms with E-state index in [1.54, 1.807) is 20.8 Å². The third-order valence-electron chi connectivity index (χ3n) is 2.37. The fourth-order valence-electron chi connectivity index (χ4n) is 1.59. The van der Waals surface area contributed by atoms with E-state index in [9.17, 15) is 13.2 Å². The van der Waals surface area contributed by atoms with Gasteiger partial charge in [-0.3, -0.25) is 4.79 Å². The molecule has 0 bridgehead atoms. The molecule has 0 unspecified atom stereocenters. The second kappa shape index (κ2) is 7.95. The standard InChI is InChI=1S/C13H28N2O4S/c1-7-9-15(10-8-2)20(17,18)14-11(3)12(16)19-13(4,5)6/h11,14H,7-10H2,1-6H3/t11-/m1/s1. The summed E-state index contributed by atoms with van der Waals surface area (Å²) in [4.78, 5) is 11.8. The van der Waals surface area contributed by atoms with Gasteiger partial charge in [-0.2, -0.15) is 17.4 Å². The quantitative estimate of drug-likeness (QED) is 0.692. The van der Waals surface area contributed by atoms with Gasteiger partial charge in [-0.05, 0) is 40.5 Å². The number of carbonyl (C=O) groups is 1. The molecule has 0 saturated carbocycles. The van der Waals surface area contributed by atoms with Gasteiger partial charge < -0.3 is 4.74 Å². The lowest BCUT2D eigenvalue weighted by atomic mass is 10.2. The Labute approximate surface area is 123 Å². The van der Waals surface area contributed by atoms with Gasteiger partial charge in [0.05, 0.1) is 0 Å². The van der Waals surface area contributed by atoms with Crippen molar-refractivity contribution in [1.82, 2.24) is 9.03 Å². The van der Waals surface area contributed by atoms with Crippen LogP contribution in [0.5, 0.6) is 0 Å². The highest BCUT2D eigenvalue weighted by Crippen LogP contribution is 2.09. The first kappa shape index (κ1) is 19.3. The van der Waals surface area contributed by atoms with Crippen LogP contribution in [0.2, 0.25) is 0 Å². The lowest BCUT2D eigenvalue weighted by molar-refractivity contribution is -0.156. The molecule has 0 heterocycles. The van der Waals surface area contributed by atoms with Gasteiger partial charge in [0.2, 0.25) is 0 Å². The Morgan fingerprint density at radius 2 is 1.65 bits per heavy atom. The van der Waals surface area contributed by atoms with E-state index in [1.807, 2.05) is 13.8 Å². The Bertz CT molecular complexity index is 395. The molecular formula is C13H28N2O4S. The highest BCUT2D eigenvalue weighted by Gasteiger charge is 2.28. The maximum absolute atomic E-state index is 12.2. The third-order valence-corrected chi connectivity index (χ3v) is 4.07. The van der Waals surface area contributed by atoms with Crippen LogP contribution in [0.25, 0.3) is 0 Å². The predicted molar refractivity (Wildman–Crippen MR) is 79.5 cm³/mol. The molecule has 120 valence electrons. The summed E-state index contributed by atoms with van der Waals surface area (Å²) in [7, 11) is -3.66. The zero-order valence-electron chi connectivity index (χ0n) is 13.4. The third kappa shape index (κ3) is 7.21. The fraction of sp³-hybridized carbons (Fsp3) is 0.923. The summed E-state index contributed by atoms with van der Waals surface area (Å²) in [5, 5.41) is 0. The first-order chi connectivity index (χ1) is 9.03. The Kier molecular flexibility index (Phi) is 7.69. The molecule has 20 heavy (non-hydrogen) atoms. The van der Waals surface area contributed by atoms with Crippen LogP contribution in [-0.4, -0.2) is 43.4 Å². The minimum Gasteiger partial charge on any atom is -0.459 e. The average molecular weight is 308 g/mol. The molecule has 0 aromatic rings. The van der Waals surface area contributed by atoms with Crippen molar-refractivity contribution < 1.29 is 17.9 Å². The van der Waals surface area contributed by atoms with Crippen molar-refractivity contribution in [2.45, 2.75) is 66.0 Å². The lowest BCUT2D eigenvalue weighted by Gasteiger charge is -2.25. The van der Waals surface area contributed by atoms with E-state index in [1.165, 1.54) is 11.2 Å². The molecule has 7 heteroatoms. The summed E-state index contributed by atoms with van der Waals surface area (Å²) in [6.07, 6.45) is 1.45. The molecular weight excluding hydrogens is 280 g/mol. The summed E-state index contributed by atoms with van der Waals surface area (Å²) in [5.41, 5.74) is -0.636. The van der Waals surface area contributed by atoms with Gasteiger partial charge in [0.1, 0.15) is 11.6 Å². The van der Waals surface area contributed by atoms with Crippen LogP contribution in [-0.2, 0) is 19.7 Å². The molecule has 0 aliphatic rings. The molecule has 0 aromatic carbocycles. The van der Waals surface area contributed by atoms with Gasteiger partial charge in [0.25, 0.3) is 10.2 Å². The number of rotatable bonds is 8. The first-order valence-electron chi connectivity index (χ1n) is 7.03. The van der Waals surface area contributed by atoms with Crippen molar-refractivity contribution in [3.8, 4) is 0 Å². The van der Waals surface area contributed by atoms with E-state index in [-0.39, 0.29) is 0 Å². The molecule has 1 N–H and O–H groups in total. The number of esters is 1. The molecule has 0 rings (SSSR count). The molecule has 0 spiro atoms. The summed E-state index contributed by atoms with van der Waals surface area (Å²) >= 11 is 0. The molecule has 0 aliphatic carbocycles. The first-order valence-corrected chi connectivity index (χ1v) is 8.47. The summed E-state index contributed by atoms with van der Waals surface area (Å²) in [5.74, 6) is -0.575. The number of hydrogen-bond donors (Lipinski definition) is 1. The number of hydrogen-bond acceptors (Lipinski definition) is 4. The lowest BCUT2D eigenvalue weighted by Crippen LogP contribution is -2.49. The highest BCUT2D eigenvalue weighted by molar-refractivity contribution is 7.87. The van der Waals surface area contributed by atoms with Crippen LogP contribution in [0.4, 0.5) is 0 Å². The van der Waals surface area contributed by atoms with E-state index in [4.69, 9.17) is 4.74 Å². The molecule has 1 atom stereocenters. The van der Waals surface area contributed by atoms with E-state index >= 15 is 0 Å². The van der Waals surface area contributed by atoms with Crippen LogP contribution >= 0.6 is 0 Å². The fourth-order valence-corrected chi connectivity index (χ4v) is 3.13. The summed E-state index contributed by atoms with van der Waals surface area (Å²) in [6.45, 7) is 11.4. The number of nitrogens with zero attached hydrogens (tertiary/aromatic N) is 1. The van der Waals surface area contributed by atoms with Crippen LogP contribution in [0.15, 0.2) is 0 Å². The second-order valence-electron chi connectivity index (χ2n) is 5.78. The molecule has 6 nitrogen and oxygen atoms in total. The van der Waals surface area contributed by atoms with Crippen LogP contribution in [0.3, 0.4) is 0 Å². The Morgan fingerprint density at radius 1 is 1.20 bits per heavy atom. The van der Waals surface area contributed by atoms with E-state index < -0.39 is 27.8 Å². The largest absolute Gasteiger partial charge is 0.459 e. The molecule has 0 radical (unpaired) electrons. The topological polar surface area (TPSA) is 75.7 Å². The van der Waals surface area contributed by atoms with Gasteiger partial charge in [0.15, 0.2) is 0 Å². The maximum Gasteiger partial charge on any atom is 0.324 e. The minimum absolute atomic E-state index is 0.435. The van der Waals surface area contributed by atoms with Crippen molar-refractivity contribution in [2.24, 2.45) is 0 Å². The smallest absolute Gasteiger partial charge is 0.324 e. The SMILES string of the molecule is CCCN(CCC)S(=O)(=O)N[C@H](C)C(=O)OC(C)(C)C. The van der Waals surface area contributed by atoms with Gasteiger partial charge in [-0.1, -0.05) is 13.8 Å². The number of nitrogens with one attached hydrogen (secondary N) is 1. The Balaban J connectivity index is 4.76. The Hall–Kier alpha value is -0.660. The van der Waals surface area contributed by atoms with Gasteiger partial charge in [-0.25, -0.2) is 0 Å². The second-order valence-corrected chi connectivity index (χ2v) is 7.48. The zero-order chi connectivity index (χ0) is 16.0. The van der Waals surface area contributed by atoms with Crippen molar-refractivity contribution in [2.75, 3.05) is 13.1 Å². The molecule has 0 aliphatic heterocycles. The summed E-state index contributed by atoms with van der Waals surface area (Å²) < 4.78 is 33.3. The van der Waals surface area contributed by atoms with Crippen molar-refractivity contribution in [3.63, 3.8) is 0 Å². The van der Waals surface area contributed by atoms with Gasteiger partial charge in [0, 0.05) is 13.1 Å². The number of ether oxygens (including phenoxy) is 1. The maximum atomic E-state index is 12.2. The summed E-state index contributed by atoms with van der Waals surface area (Å²) in [6, 6.07) is -0.907. The normalized spacial score (nSPS) is 14.3. The monoisotopic (exact) mass is 308 g/mol. The van der Waals surface area contributed by atoms with Crippen molar-refractivity contribution in [1.29, 1.82) is 0 Å². The minimum atomic E-state index is -3.66. The molecule has 0 amide bonds. The molecule has 0 fully saturated rings. The van der Waals surface area contributed by atoms with E-state index in [0.29, 0.717) is 13.1 Å². The van der Waals surface area contributed by atoms with Gasteiger partial charge in [-0.15, -0.1) is 0 Å². The van der Waals surface area contributed by atoms with E-state index in [2.05, 4.69) is 4.72 Å². The van der Waals surface area contributed by atoms with Crippen molar-refractivity contribution in [3.05, 3.63) is 0 Å². The molecule has 0 saturated heterocycles. The van der Waals surface area contributed by atoms with Crippen LogP contribution in [0.1, 0.15) is 54.4 Å². The predicted octanol–water partition coefficient (Wildman–Crippen LogP) is 1.67. The van der Waals surface area contributed by atoms with E-state index in [0.717, 1.165) is 12.8 Å². The Morgan fingerprint density at radius 3 is 2.00 bits per heavy atom. The van der Waals surface area contributed by atoms with Crippen molar-refractivity contribution >= 4 is 16.2 Å². The van der Waals surface area contributed by atoms with Gasteiger partial charge >= 0.3 is 5.97 Å². The highest BCUT2D eigenvalue weighted by atomic mass is 32.2. The van der Waals surface area contributed by atoms with Crippen LogP contribution in [0, 0.1) is 0 Å². The average Bonchev–Trinajstić information content (AvgIpc) is 2.25. The van der Waals surface area contributed by atoms with Crippen LogP contribution < -0.4 is 4.72 Å². The molecule has 0 aromatic heterocycles. The zero-order valence-corrected chi connectivity index (χ0v) is 14.2.